The highest BCUT2D eigenvalue weighted by Gasteiger charge is 2.24. The Balaban J connectivity index is 2.00. The molecule has 1 saturated heterocycles. The van der Waals surface area contributed by atoms with Gasteiger partial charge in [0.15, 0.2) is 0 Å². The number of carbonyl (C=O) groups excluding carboxylic acids is 1. The molecule has 20 heavy (non-hydrogen) atoms. The summed E-state index contributed by atoms with van der Waals surface area (Å²) >= 11 is 0. The van der Waals surface area contributed by atoms with E-state index in [0.29, 0.717) is 24.5 Å². The van der Waals surface area contributed by atoms with Crippen LogP contribution in [0.5, 0.6) is 0 Å². The number of methoxy groups -OCH3 is 1. The molecule has 3 N–H and O–H groups in total. The van der Waals surface area contributed by atoms with Gasteiger partial charge in [0.05, 0.1) is 11.8 Å². The highest BCUT2D eigenvalue weighted by molar-refractivity contribution is 5.99. The number of carboxylic acid groups (broad SMARTS) is 1. The molecule has 0 spiro atoms. The van der Waals surface area contributed by atoms with Gasteiger partial charge in [-0.1, -0.05) is 0 Å². The zero-order chi connectivity index (χ0) is 14.7. The molecule has 110 valence electrons. The van der Waals surface area contributed by atoms with E-state index >= 15 is 0 Å². The minimum atomic E-state index is -1.09. The Morgan fingerprint density at radius 1 is 1.45 bits per heavy atom. The van der Waals surface area contributed by atoms with Gasteiger partial charge in [0, 0.05) is 25.9 Å². The van der Waals surface area contributed by atoms with Crippen LogP contribution in [0.25, 0.3) is 0 Å². The summed E-state index contributed by atoms with van der Waals surface area (Å²) in [6.07, 6.45) is 1.78. The van der Waals surface area contributed by atoms with E-state index < -0.39 is 5.97 Å². The monoisotopic (exact) mass is 281 g/mol. The molecule has 1 aliphatic heterocycles. The number of piperidine rings is 1. The van der Waals surface area contributed by atoms with Gasteiger partial charge in [-0.3, -0.25) is 0 Å². The number of hydrogen-bond acceptors (Lipinski definition) is 3. The number of aromatic amines is 1. The number of nitrogens with zero attached hydrogens (tertiary/aromatic N) is 1. The maximum absolute atomic E-state index is 12.1. The van der Waals surface area contributed by atoms with Crippen LogP contribution in [-0.2, 0) is 4.74 Å². The van der Waals surface area contributed by atoms with Gasteiger partial charge < -0.3 is 25.0 Å². The van der Waals surface area contributed by atoms with E-state index in [1.807, 2.05) is 0 Å². The van der Waals surface area contributed by atoms with Crippen molar-refractivity contribution in [1.82, 2.24) is 9.88 Å². The molecule has 1 aromatic heterocycles. The van der Waals surface area contributed by atoms with E-state index in [1.54, 1.807) is 25.0 Å². The van der Waals surface area contributed by atoms with Crippen LogP contribution in [0.2, 0.25) is 0 Å². The summed E-state index contributed by atoms with van der Waals surface area (Å²) in [6.45, 7) is 2.96. The second-order valence-corrected chi connectivity index (χ2v) is 4.90. The Hall–Kier alpha value is -2.02. The van der Waals surface area contributed by atoms with E-state index in [2.05, 4.69) is 10.3 Å². The normalized spacial score (nSPS) is 16.2. The molecule has 0 aromatic carbocycles. The van der Waals surface area contributed by atoms with Crippen LogP contribution >= 0.6 is 0 Å². The van der Waals surface area contributed by atoms with Crippen molar-refractivity contribution in [1.29, 1.82) is 0 Å². The van der Waals surface area contributed by atoms with Crippen molar-refractivity contribution in [3.63, 3.8) is 0 Å². The first kappa shape index (κ1) is 14.4. The summed E-state index contributed by atoms with van der Waals surface area (Å²) in [5.74, 6) is -1.09. The number of likely N-dealkylation sites (tertiary alicyclic amines) is 1. The number of aryl methyl sites for hydroxylation is 1. The molecule has 2 amide bonds. The van der Waals surface area contributed by atoms with E-state index in [0.717, 1.165) is 12.8 Å². The van der Waals surface area contributed by atoms with Gasteiger partial charge >= 0.3 is 12.0 Å². The molecular weight excluding hydrogens is 262 g/mol. The first-order valence-corrected chi connectivity index (χ1v) is 6.53. The minimum Gasteiger partial charge on any atom is -0.477 e. The SMILES string of the molecule is COC1CCN(C(=O)Nc2cc(C)[nH]c2C(=O)O)CC1. The smallest absolute Gasteiger partial charge is 0.354 e. The third kappa shape index (κ3) is 3.11. The highest BCUT2D eigenvalue weighted by Crippen LogP contribution is 2.19. The molecule has 2 rings (SSSR count). The number of anilines is 1. The third-order valence-corrected chi connectivity index (χ3v) is 3.47. The lowest BCUT2D eigenvalue weighted by molar-refractivity contribution is 0.0521. The zero-order valence-corrected chi connectivity index (χ0v) is 11.6. The van der Waals surface area contributed by atoms with Gasteiger partial charge in [-0.15, -0.1) is 0 Å². The van der Waals surface area contributed by atoms with Crippen molar-refractivity contribution in [2.45, 2.75) is 25.9 Å². The maximum atomic E-state index is 12.1. The Morgan fingerprint density at radius 3 is 2.65 bits per heavy atom. The lowest BCUT2D eigenvalue weighted by Gasteiger charge is -2.31. The van der Waals surface area contributed by atoms with Crippen molar-refractivity contribution in [3.05, 3.63) is 17.5 Å². The summed E-state index contributed by atoms with van der Waals surface area (Å²) in [5, 5.41) is 11.7. The first-order valence-electron chi connectivity index (χ1n) is 6.53. The predicted octanol–water partition coefficient (Wildman–Crippen LogP) is 1.66. The Kier molecular flexibility index (Phi) is 4.29. The van der Waals surface area contributed by atoms with Crippen LogP contribution in [0.1, 0.15) is 29.0 Å². The van der Waals surface area contributed by atoms with E-state index in [9.17, 15) is 9.59 Å². The van der Waals surface area contributed by atoms with Crippen molar-refractivity contribution in [2.24, 2.45) is 0 Å². The molecular formula is C13H19N3O4. The Morgan fingerprint density at radius 2 is 2.10 bits per heavy atom. The lowest BCUT2D eigenvalue weighted by atomic mass is 10.1. The van der Waals surface area contributed by atoms with Crippen molar-refractivity contribution in [3.8, 4) is 0 Å². The lowest BCUT2D eigenvalue weighted by Crippen LogP contribution is -2.42. The molecule has 0 unspecified atom stereocenters. The number of aromatic nitrogens is 1. The molecule has 0 saturated carbocycles. The van der Waals surface area contributed by atoms with Crippen molar-refractivity contribution in [2.75, 3.05) is 25.5 Å². The van der Waals surface area contributed by atoms with Gasteiger partial charge in [0.1, 0.15) is 5.69 Å². The van der Waals surface area contributed by atoms with Crippen LogP contribution in [0.15, 0.2) is 6.07 Å². The standard InChI is InChI=1S/C13H19N3O4/c1-8-7-10(11(14-8)12(17)18)15-13(19)16-5-3-9(20-2)4-6-16/h7,9,14H,3-6H2,1-2H3,(H,15,19)(H,17,18). The number of urea groups is 1. The van der Waals surface area contributed by atoms with Crippen molar-refractivity contribution < 1.29 is 19.4 Å². The average molecular weight is 281 g/mol. The van der Waals surface area contributed by atoms with Gasteiger partial charge in [0.25, 0.3) is 0 Å². The zero-order valence-electron chi connectivity index (χ0n) is 11.6. The van der Waals surface area contributed by atoms with Gasteiger partial charge in [-0.25, -0.2) is 9.59 Å². The Bertz CT molecular complexity index is 504. The average Bonchev–Trinajstić information content (AvgIpc) is 2.80. The van der Waals surface area contributed by atoms with Crippen LogP contribution < -0.4 is 5.32 Å². The summed E-state index contributed by atoms with van der Waals surface area (Å²) in [5.41, 5.74) is 0.993. The molecule has 7 nitrogen and oxygen atoms in total. The number of H-pyrrole nitrogens is 1. The molecule has 0 bridgehead atoms. The van der Waals surface area contributed by atoms with Crippen LogP contribution in [-0.4, -0.2) is 53.3 Å². The summed E-state index contributed by atoms with van der Waals surface area (Å²) in [7, 11) is 1.67. The topological polar surface area (TPSA) is 94.7 Å². The second kappa shape index (κ2) is 5.96. The Labute approximate surface area is 116 Å². The molecule has 1 fully saturated rings. The van der Waals surface area contributed by atoms with Gasteiger partial charge in [-0.05, 0) is 25.8 Å². The van der Waals surface area contributed by atoms with Crippen LogP contribution in [0.3, 0.4) is 0 Å². The van der Waals surface area contributed by atoms with Crippen LogP contribution in [0.4, 0.5) is 10.5 Å². The minimum absolute atomic E-state index is 0.00243. The number of amides is 2. The van der Waals surface area contributed by atoms with Gasteiger partial charge in [-0.2, -0.15) is 0 Å². The number of nitrogens with one attached hydrogen (secondary N) is 2. The maximum Gasteiger partial charge on any atom is 0.354 e. The number of rotatable bonds is 3. The number of carbonyl (C=O) groups is 2. The van der Waals surface area contributed by atoms with E-state index in [-0.39, 0.29) is 17.8 Å². The van der Waals surface area contributed by atoms with Crippen molar-refractivity contribution >= 4 is 17.7 Å². The van der Waals surface area contributed by atoms with Crippen LogP contribution in [0, 0.1) is 6.92 Å². The molecule has 0 aliphatic carbocycles. The third-order valence-electron chi connectivity index (χ3n) is 3.47. The molecule has 1 aromatic rings. The highest BCUT2D eigenvalue weighted by atomic mass is 16.5. The van der Waals surface area contributed by atoms with E-state index in [4.69, 9.17) is 9.84 Å². The van der Waals surface area contributed by atoms with E-state index in [1.165, 1.54) is 0 Å². The summed E-state index contributed by atoms with van der Waals surface area (Å²) in [6, 6.07) is 1.34. The van der Waals surface area contributed by atoms with Gasteiger partial charge in [0.2, 0.25) is 0 Å². The number of aromatic carboxylic acids is 1. The molecule has 2 heterocycles. The predicted molar refractivity (Wildman–Crippen MR) is 73.1 cm³/mol. The fraction of sp³-hybridized carbons (Fsp3) is 0.538. The fourth-order valence-corrected chi connectivity index (χ4v) is 2.35. The number of hydrogen-bond donors (Lipinski definition) is 3. The molecule has 0 radical (unpaired) electrons. The molecule has 0 atom stereocenters. The second-order valence-electron chi connectivity index (χ2n) is 4.90. The quantitative estimate of drug-likeness (QED) is 0.785. The number of ether oxygens (including phenoxy) is 1. The summed E-state index contributed by atoms with van der Waals surface area (Å²) in [4.78, 5) is 27.6. The fourth-order valence-electron chi connectivity index (χ4n) is 2.35. The largest absolute Gasteiger partial charge is 0.477 e. The molecule has 1 aliphatic rings. The number of carboxylic acids is 1. The first-order chi connectivity index (χ1) is 9.51. The molecule has 7 heteroatoms. The summed E-state index contributed by atoms with van der Waals surface area (Å²) < 4.78 is 5.25.